The maximum atomic E-state index is 12.0. The molecule has 0 atom stereocenters. The summed E-state index contributed by atoms with van der Waals surface area (Å²) in [5, 5.41) is 5.73. The van der Waals surface area contributed by atoms with Crippen LogP contribution in [0.5, 0.6) is 0 Å². The maximum Gasteiger partial charge on any atom is 0.319 e. The first kappa shape index (κ1) is 16.9. The Morgan fingerprint density at radius 2 is 1.74 bits per heavy atom. The molecule has 23 heavy (non-hydrogen) atoms. The highest BCUT2D eigenvalue weighted by atomic mass is 16.2. The summed E-state index contributed by atoms with van der Waals surface area (Å²) < 4.78 is 0. The smallest absolute Gasteiger partial charge is 0.319 e. The molecule has 0 aromatic heterocycles. The largest absolute Gasteiger partial charge is 0.372 e. The average molecular weight is 311 g/mol. The normalized spacial score (nSPS) is 10.2. The molecule has 2 aromatic carbocycles. The lowest BCUT2D eigenvalue weighted by Gasteiger charge is -2.21. The summed E-state index contributed by atoms with van der Waals surface area (Å²) >= 11 is 0. The van der Waals surface area contributed by atoms with Gasteiger partial charge in [0.15, 0.2) is 0 Å². The second kappa shape index (κ2) is 8.22. The van der Waals surface area contributed by atoms with Gasteiger partial charge in [-0.1, -0.05) is 29.8 Å². The second-order valence-corrected chi connectivity index (χ2v) is 5.52. The van der Waals surface area contributed by atoms with E-state index in [0.717, 1.165) is 24.3 Å². The number of nitrogens with one attached hydrogen (secondary N) is 2. The van der Waals surface area contributed by atoms with Crippen molar-refractivity contribution < 1.29 is 4.79 Å². The number of amides is 2. The lowest BCUT2D eigenvalue weighted by Crippen LogP contribution is -2.28. The van der Waals surface area contributed by atoms with Crippen LogP contribution in [0.25, 0.3) is 0 Å². The molecule has 0 radical (unpaired) electrons. The lowest BCUT2D eigenvalue weighted by atomic mass is 10.1. The van der Waals surface area contributed by atoms with Crippen molar-refractivity contribution in [3.05, 3.63) is 59.7 Å². The third-order valence-corrected chi connectivity index (χ3v) is 3.79. The molecule has 0 aliphatic heterocycles. The van der Waals surface area contributed by atoms with Gasteiger partial charge in [-0.3, -0.25) is 0 Å². The van der Waals surface area contributed by atoms with Crippen LogP contribution in [0.4, 0.5) is 16.2 Å². The molecule has 0 spiro atoms. The van der Waals surface area contributed by atoms with E-state index in [2.05, 4.69) is 35.4 Å². The van der Waals surface area contributed by atoms with Crippen LogP contribution in [0, 0.1) is 6.92 Å². The number of hydrogen-bond donors (Lipinski definition) is 2. The highest BCUT2D eigenvalue weighted by Gasteiger charge is 2.04. The van der Waals surface area contributed by atoms with E-state index < -0.39 is 0 Å². The Morgan fingerprint density at radius 3 is 2.35 bits per heavy atom. The van der Waals surface area contributed by atoms with Crippen molar-refractivity contribution in [2.75, 3.05) is 23.3 Å². The highest BCUT2D eigenvalue weighted by Crippen LogP contribution is 2.17. The molecule has 2 N–H and O–H groups in total. The number of nitrogens with zero attached hydrogens (tertiary/aromatic N) is 1. The zero-order valence-electron chi connectivity index (χ0n) is 14.1. The van der Waals surface area contributed by atoms with Gasteiger partial charge in [-0.05, 0) is 50.6 Å². The third kappa shape index (κ3) is 5.02. The fraction of sp³-hybridized carbons (Fsp3) is 0.316. The van der Waals surface area contributed by atoms with Crippen LogP contribution < -0.4 is 15.5 Å². The van der Waals surface area contributed by atoms with E-state index in [-0.39, 0.29) is 6.03 Å². The summed E-state index contributed by atoms with van der Waals surface area (Å²) in [4.78, 5) is 14.2. The molecule has 0 unspecified atom stereocenters. The monoisotopic (exact) mass is 311 g/mol. The molecule has 2 aromatic rings. The van der Waals surface area contributed by atoms with E-state index in [1.165, 1.54) is 11.3 Å². The van der Waals surface area contributed by atoms with E-state index in [1.54, 1.807) is 0 Å². The molecule has 122 valence electrons. The Labute approximate surface area is 138 Å². The quantitative estimate of drug-likeness (QED) is 0.841. The number of carbonyl (C=O) groups excluding carboxylic acids is 1. The molecular weight excluding hydrogens is 286 g/mol. The van der Waals surface area contributed by atoms with Gasteiger partial charge in [0, 0.05) is 31.0 Å². The molecule has 0 fully saturated rings. The van der Waals surface area contributed by atoms with Crippen molar-refractivity contribution in [1.82, 2.24) is 5.32 Å². The van der Waals surface area contributed by atoms with Crippen LogP contribution in [0.3, 0.4) is 0 Å². The molecule has 4 heteroatoms. The van der Waals surface area contributed by atoms with Gasteiger partial charge < -0.3 is 15.5 Å². The Bertz CT molecular complexity index is 633. The van der Waals surface area contributed by atoms with Crippen LogP contribution in [-0.4, -0.2) is 19.1 Å². The zero-order valence-corrected chi connectivity index (χ0v) is 14.1. The number of anilines is 2. The summed E-state index contributed by atoms with van der Waals surface area (Å²) in [6.07, 6.45) is 0. The molecule has 0 heterocycles. The van der Waals surface area contributed by atoms with Crippen molar-refractivity contribution in [3.8, 4) is 0 Å². The third-order valence-electron chi connectivity index (χ3n) is 3.79. The first-order valence-corrected chi connectivity index (χ1v) is 8.07. The van der Waals surface area contributed by atoms with Crippen molar-refractivity contribution in [1.29, 1.82) is 0 Å². The number of carbonyl (C=O) groups is 1. The molecule has 0 bridgehead atoms. The van der Waals surface area contributed by atoms with E-state index in [4.69, 9.17) is 0 Å². The Kier molecular flexibility index (Phi) is 6.03. The van der Waals surface area contributed by atoms with Gasteiger partial charge in [0.1, 0.15) is 0 Å². The summed E-state index contributed by atoms with van der Waals surface area (Å²) in [5.74, 6) is 0. The maximum absolute atomic E-state index is 12.0. The van der Waals surface area contributed by atoms with E-state index in [1.807, 2.05) is 49.4 Å². The van der Waals surface area contributed by atoms with Gasteiger partial charge in [0.05, 0.1) is 0 Å². The summed E-state index contributed by atoms with van der Waals surface area (Å²) in [7, 11) is 0. The number of rotatable bonds is 6. The number of benzene rings is 2. The van der Waals surface area contributed by atoms with Gasteiger partial charge >= 0.3 is 6.03 Å². The molecule has 2 amide bonds. The van der Waals surface area contributed by atoms with Crippen LogP contribution in [-0.2, 0) is 6.54 Å². The molecule has 0 aliphatic rings. The minimum Gasteiger partial charge on any atom is -0.372 e. The molecule has 0 saturated heterocycles. The molecule has 0 saturated carbocycles. The van der Waals surface area contributed by atoms with Crippen molar-refractivity contribution in [2.24, 2.45) is 0 Å². The van der Waals surface area contributed by atoms with Gasteiger partial charge in [-0.2, -0.15) is 0 Å². The minimum atomic E-state index is -0.193. The Hall–Kier alpha value is -2.49. The van der Waals surface area contributed by atoms with E-state index >= 15 is 0 Å². The molecular formula is C19H25N3O. The summed E-state index contributed by atoms with van der Waals surface area (Å²) in [5.41, 5.74) is 4.25. The van der Waals surface area contributed by atoms with Gasteiger partial charge in [0.2, 0.25) is 0 Å². The van der Waals surface area contributed by atoms with E-state index in [9.17, 15) is 4.79 Å². The van der Waals surface area contributed by atoms with E-state index in [0.29, 0.717) is 6.54 Å². The fourth-order valence-corrected chi connectivity index (χ4v) is 2.52. The van der Waals surface area contributed by atoms with Gasteiger partial charge in [-0.25, -0.2) is 4.79 Å². The zero-order chi connectivity index (χ0) is 16.7. The van der Waals surface area contributed by atoms with Crippen LogP contribution in [0.2, 0.25) is 0 Å². The first-order valence-electron chi connectivity index (χ1n) is 8.07. The topological polar surface area (TPSA) is 44.4 Å². The predicted molar refractivity (Wildman–Crippen MR) is 97.0 cm³/mol. The predicted octanol–water partition coefficient (Wildman–Crippen LogP) is 4.16. The van der Waals surface area contributed by atoms with Crippen LogP contribution >= 0.6 is 0 Å². The highest BCUT2D eigenvalue weighted by molar-refractivity contribution is 5.89. The van der Waals surface area contributed by atoms with Crippen LogP contribution in [0.15, 0.2) is 48.5 Å². The van der Waals surface area contributed by atoms with Crippen LogP contribution in [0.1, 0.15) is 25.0 Å². The summed E-state index contributed by atoms with van der Waals surface area (Å²) in [6.45, 7) is 8.77. The van der Waals surface area contributed by atoms with Crippen molar-refractivity contribution in [2.45, 2.75) is 27.3 Å². The standard InChI is InChI=1S/C19H25N3O/c1-4-22(5-2)18-11-9-17(10-12-18)21-19(23)20-14-16-8-6-7-15(3)13-16/h6-13H,4-5,14H2,1-3H3,(H2,20,21,23). The lowest BCUT2D eigenvalue weighted by molar-refractivity contribution is 0.251. The van der Waals surface area contributed by atoms with Gasteiger partial charge in [0.25, 0.3) is 0 Å². The van der Waals surface area contributed by atoms with Gasteiger partial charge in [-0.15, -0.1) is 0 Å². The molecule has 0 aliphatic carbocycles. The van der Waals surface area contributed by atoms with Crippen molar-refractivity contribution in [3.63, 3.8) is 0 Å². The second-order valence-electron chi connectivity index (χ2n) is 5.52. The molecule has 4 nitrogen and oxygen atoms in total. The minimum absolute atomic E-state index is 0.193. The Balaban J connectivity index is 1.87. The Morgan fingerprint density at radius 1 is 1.04 bits per heavy atom. The number of hydrogen-bond acceptors (Lipinski definition) is 2. The fourth-order valence-electron chi connectivity index (χ4n) is 2.52. The SMILES string of the molecule is CCN(CC)c1ccc(NC(=O)NCc2cccc(C)c2)cc1. The number of urea groups is 1. The average Bonchev–Trinajstić information content (AvgIpc) is 2.56. The first-order chi connectivity index (χ1) is 11.1. The number of aryl methyl sites for hydroxylation is 1. The van der Waals surface area contributed by atoms with Crippen molar-refractivity contribution >= 4 is 17.4 Å². The summed E-state index contributed by atoms with van der Waals surface area (Å²) in [6, 6.07) is 15.8. The molecule has 2 rings (SSSR count).